The van der Waals surface area contributed by atoms with Gasteiger partial charge in [-0.2, -0.15) is 12.7 Å². The second-order valence-electron chi connectivity index (χ2n) is 5.65. The number of rotatable bonds is 7. The van der Waals surface area contributed by atoms with Gasteiger partial charge in [0.2, 0.25) is 0 Å². The molecule has 0 saturated heterocycles. The predicted molar refractivity (Wildman–Crippen MR) is 79.3 cm³/mol. The summed E-state index contributed by atoms with van der Waals surface area (Å²) < 4.78 is 27.7. The van der Waals surface area contributed by atoms with Gasteiger partial charge in [0.1, 0.15) is 0 Å². The highest BCUT2D eigenvalue weighted by atomic mass is 32.2. The molecule has 0 bridgehead atoms. The van der Waals surface area contributed by atoms with Crippen LogP contribution in [0.1, 0.15) is 52.4 Å². The van der Waals surface area contributed by atoms with Gasteiger partial charge in [0.25, 0.3) is 10.2 Å². The first-order valence-electron chi connectivity index (χ1n) is 7.39. The highest BCUT2D eigenvalue weighted by molar-refractivity contribution is 7.87. The van der Waals surface area contributed by atoms with Crippen LogP contribution in [0.5, 0.6) is 0 Å². The average molecular weight is 291 g/mol. The molecule has 0 spiro atoms. The van der Waals surface area contributed by atoms with Crippen LogP contribution < -0.4 is 10.0 Å². The van der Waals surface area contributed by atoms with Crippen LogP contribution in [-0.2, 0) is 10.2 Å². The summed E-state index contributed by atoms with van der Waals surface area (Å²) in [6.07, 6.45) is 7.70. The third-order valence-electron chi connectivity index (χ3n) is 3.80. The second-order valence-corrected chi connectivity index (χ2v) is 7.47. The zero-order chi connectivity index (χ0) is 14.3. The van der Waals surface area contributed by atoms with Crippen LogP contribution in [0, 0.1) is 0 Å². The number of hydrogen-bond donors (Lipinski definition) is 2. The molecule has 0 atom stereocenters. The molecule has 0 amide bonds. The van der Waals surface area contributed by atoms with E-state index in [-0.39, 0.29) is 6.04 Å². The van der Waals surface area contributed by atoms with Crippen molar-refractivity contribution in [1.82, 2.24) is 14.3 Å². The van der Waals surface area contributed by atoms with Gasteiger partial charge in [0.15, 0.2) is 0 Å². The summed E-state index contributed by atoms with van der Waals surface area (Å²) in [5.74, 6) is 0. The minimum absolute atomic E-state index is 0.0210. The maximum Gasteiger partial charge on any atom is 0.279 e. The van der Waals surface area contributed by atoms with E-state index in [1.807, 2.05) is 13.8 Å². The normalized spacial score (nSPS) is 19.0. The van der Waals surface area contributed by atoms with Gasteiger partial charge in [0.05, 0.1) is 0 Å². The molecule has 0 aliphatic heterocycles. The van der Waals surface area contributed by atoms with E-state index in [0.29, 0.717) is 19.1 Å². The van der Waals surface area contributed by atoms with E-state index >= 15 is 0 Å². The molecule has 0 aromatic heterocycles. The van der Waals surface area contributed by atoms with Gasteiger partial charge in [-0.3, -0.25) is 0 Å². The molecule has 0 aromatic carbocycles. The fourth-order valence-corrected chi connectivity index (χ4v) is 3.44. The van der Waals surface area contributed by atoms with E-state index in [2.05, 4.69) is 10.0 Å². The van der Waals surface area contributed by atoms with Crippen LogP contribution in [-0.4, -0.2) is 44.9 Å². The molecule has 1 aliphatic carbocycles. The van der Waals surface area contributed by atoms with Crippen molar-refractivity contribution in [1.29, 1.82) is 0 Å². The number of nitrogens with one attached hydrogen (secondary N) is 2. The summed E-state index contributed by atoms with van der Waals surface area (Å²) in [6, 6.07) is 0.544. The number of hydrogen-bond acceptors (Lipinski definition) is 3. The highest BCUT2D eigenvalue weighted by Gasteiger charge is 2.19. The monoisotopic (exact) mass is 291 g/mol. The largest absolute Gasteiger partial charge is 0.313 e. The highest BCUT2D eigenvalue weighted by Crippen LogP contribution is 2.16. The summed E-state index contributed by atoms with van der Waals surface area (Å²) in [6.45, 7) is 4.89. The van der Waals surface area contributed by atoms with Crippen molar-refractivity contribution >= 4 is 10.2 Å². The van der Waals surface area contributed by atoms with Crippen LogP contribution in [0.4, 0.5) is 0 Å². The lowest BCUT2D eigenvalue weighted by Gasteiger charge is -2.22. The molecule has 5 nitrogen and oxygen atoms in total. The Labute approximate surface area is 118 Å². The minimum Gasteiger partial charge on any atom is -0.313 e. The summed E-state index contributed by atoms with van der Waals surface area (Å²) in [7, 11) is -1.72. The molecule has 0 aromatic rings. The van der Waals surface area contributed by atoms with Gasteiger partial charge in [-0.05, 0) is 26.7 Å². The third-order valence-corrected chi connectivity index (χ3v) is 5.55. The molecule has 1 aliphatic rings. The van der Waals surface area contributed by atoms with Crippen molar-refractivity contribution in [2.75, 3.05) is 20.1 Å². The fourth-order valence-electron chi connectivity index (χ4n) is 2.32. The smallest absolute Gasteiger partial charge is 0.279 e. The standard InChI is InChI=1S/C13H29N3O2S/c1-12(2)16(3)19(17,18)15-11-10-14-13-8-6-4-5-7-9-13/h12-15H,4-11H2,1-3H3. The zero-order valence-corrected chi connectivity index (χ0v) is 13.3. The van der Waals surface area contributed by atoms with Crippen molar-refractivity contribution in [2.24, 2.45) is 0 Å². The van der Waals surface area contributed by atoms with E-state index in [1.165, 1.54) is 42.8 Å². The van der Waals surface area contributed by atoms with Crippen molar-refractivity contribution in [2.45, 2.75) is 64.5 Å². The van der Waals surface area contributed by atoms with Crippen molar-refractivity contribution in [3.05, 3.63) is 0 Å². The first kappa shape index (κ1) is 16.9. The summed E-state index contributed by atoms with van der Waals surface area (Å²) in [5, 5.41) is 3.46. The van der Waals surface area contributed by atoms with Gasteiger partial charge >= 0.3 is 0 Å². The summed E-state index contributed by atoms with van der Waals surface area (Å²) >= 11 is 0. The van der Waals surface area contributed by atoms with Crippen molar-refractivity contribution in [3.8, 4) is 0 Å². The first-order chi connectivity index (χ1) is 8.93. The number of nitrogens with zero attached hydrogens (tertiary/aromatic N) is 1. The van der Waals surface area contributed by atoms with Gasteiger partial charge in [-0.25, -0.2) is 4.72 Å². The summed E-state index contributed by atoms with van der Waals surface area (Å²) in [4.78, 5) is 0. The quantitative estimate of drug-likeness (QED) is 0.551. The third kappa shape index (κ3) is 6.21. The Hall–Kier alpha value is -0.170. The van der Waals surface area contributed by atoms with Gasteiger partial charge in [-0.15, -0.1) is 0 Å². The van der Waals surface area contributed by atoms with Gasteiger partial charge in [0, 0.05) is 32.2 Å². The molecule has 1 rings (SSSR count). The average Bonchev–Trinajstić information content (AvgIpc) is 2.62. The molecule has 19 heavy (non-hydrogen) atoms. The first-order valence-corrected chi connectivity index (χ1v) is 8.83. The molecule has 1 saturated carbocycles. The van der Waals surface area contributed by atoms with E-state index in [1.54, 1.807) is 7.05 Å². The maximum atomic E-state index is 11.9. The molecular weight excluding hydrogens is 262 g/mol. The van der Waals surface area contributed by atoms with Crippen molar-refractivity contribution in [3.63, 3.8) is 0 Å². The Morgan fingerprint density at radius 3 is 2.21 bits per heavy atom. The molecular formula is C13H29N3O2S. The molecule has 0 unspecified atom stereocenters. The zero-order valence-electron chi connectivity index (χ0n) is 12.5. The Morgan fingerprint density at radius 1 is 1.11 bits per heavy atom. The van der Waals surface area contributed by atoms with E-state index in [9.17, 15) is 8.42 Å². The lowest BCUT2D eigenvalue weighted by atomic mass is 10.1. The Kier molecular flexibility index (Phi) is 7.28. The lowest BCUT2D eigenvalue weighted by molar-refractivity contribution is 0.400. The van der Waals surface area contributed by atoms with Gasteiger partial charge in [-0.1, -0.05) is 25.7 Å². The van der Waals surface area contributed by atoms with Crippen LogP contribution in [0.2, 0.25) is 0 Å². The van der Waals surface area contributed by atoms with E-state index < -0.39 is 10.2 Å². The molecule has 2 N–H and O–H groups in total. The topological polar surface area (TPSA) is 61.4 Å². The lowest BCUT2D eigenvalue weighted by Crippen LogP contribution is -2.44. The molecule has 114 valence electrons. The van der Waals surface area contributed by atoms with Crippen LogP contribution in [0.25, 0.3) is 0 Å². The van der Waals surface area contributed by atoms with Crippen LogP contribution >= 0.6 is 0 Å². The van der Waals surface area contributed by atoms with Crippen molar-refractivity contribution < 1.29 is 8.42 Å². The summed E-state index contributed by atoms with van der Waals surface area (Å²) in [5.41, 5.74) is 0. The molecule has 1 fully saturated rings. The van der Waals surface area contributed by atoms with Crippen LogP contribution in [0.3, 0.4) is 0 Å². The Morgan fingerprint density at radius 2 is 1.68 bits per heavy atom. The fraction of sp³-hybridized carbons (Fsp3) is 1.00. The Balaban J connectivity index is 2.22. The van der Waals surface area contributed by atoms with E-state index in [4.69, 9.17) is 0 Å². The molecule has 0 heterocycles. The Bertz CT molecular complexity index is 336. The van der Waals surface area contributed by atoms with E-state index in [0.717, 1.165) is 0 Å². The maximum absolute atomic E-state index is 11.9. The minimum atomic E-state index is -3.33. The molecule has 6 heteroatoms. The van der Waals surface area contributed by atoms with Crippen LogP contribution in [0.15, 0.2) is 0 Å². The predicted octanol–water partition coefficient (Wildman–Crippen LogP) is 1.47. The molecule has 0 radical (unpaired) electrons. The SMILES string of the molecule is CC(C)N(C)S(=O)(=O)NCCNC1CCCCCC1. The van der Waals surface area contributed by atoms with Gasteiger partial charge < -0.3 is 5.32 Å². The second kappa shape index (κ2) is 8.19.